The molecule has 0 aliphatic heterocycles. The van der Waals surface area contributed by atoms with E-state index in [9.17, 15) is 4.79 Å². The van der Waals surface area contributed by atoms with Crippen molar-refractivity contribution >= 4 is 17.4 Å². The second kappa shape index (κ2) is 8.45. The maximum Gasteiger partial charge on any atom is 0.276 e. The van der Waals surface area contributed by atoms with Crippen LogP contribution in [0.25, 0.3) is 0 Å². The minimum atomic E-state index is -0.390. The molecule has 7 nitrogen and oxygen atoms in total. The van der Waals surface area contributed by atoms with Crippen LogP contribution in [-0.4, -0.2) is 23.2 Å². The first-order valence-corrected chi connectivity index (χ1v) is 8.20. The van der Waals surface area contributed by atoms with Crippen molar-refractivity contribution in [1.82, 2.24) is 10.2 Å². The molecule has 0 aliphatic carbocycles. The van der Waals surface area contributed by atoms with Crippen LogP contribution in [0.5, 0.6) is 5.75 Å². The summed E-state index contributed by atoms with van der Waals surface area (Å²) in [6, 6.07) is 19.7. The lowest BCUT2D eigenvalue weighted by molar-refractivity contribution is 0.102. The van der Waals surface area contributed by atoms with Crippen molar-refractivity contribution < 1.29 is 9.53 Å². The number of benzene rings is 2. The molecule has 1 aromatic heterocycles. The van der Waals surface area contributed by atoms with E-state index in [0.717, 1.165) is 11.3 Å². The standard InChI is InChI=1S/C20H17N5O2/c1-27-17-7-5-14(6-8-17)13-22-19-10-9-18(24-25-19)20(26)23-16-4-2-3-15(11-16)12-21/h2-11H,13H2,1H3,(H,22,25)(H,23,26). The van der Waals surface area contributed by atoms with Crippen LogP contribution in [0.1, 0.15) is 21.6 Å². The number of hydrogen-bond donors (Lipinski definition) is 2. The summed E-state index contributed by atoms with van der Waals surface area (Å²) in [4.78, 5) is 12.2. The van der Waals surface area contributed by atoms with Crippen molar-refractivity contribution in [1.29, 1.82) is 5.26 Å². The topological polar surface area (TPSA) is 99.9 Å². The summed E-state index contributed by atoms with van der Waals surface area (Å²) >= 11 is 0. The number of nitriles is 1. The van der Waals surface area contributed by atoms with Crippen LogP contribution in [0.3, 0.4) is 0 Å². The van der Waals surface area contributed by atoms with E-state index in [2.05, 4.69) is 20.8 Å². The number of nitrogens with zero attached hydrogens (tertiary/aromatic N) is 3. The van der Waals surface area contributed by atoms with E-state index >= 15 is 0 Å². The first-order chi connectivity index (χ1) is 13.2. The monoisotopic (exact) mass is 359 g/mol. The average molecular weight is 359 g/mol. The molecule has 0 radical (unpaired) electrons. The van der Waals surface area contributed by atoms with E-state index in [0.29, 0.717) is 23.6 Å². The molecular formula is C20H17N5O2. The van der Waals surface area contributed by atoms with Crippen LogP contribution >= 0.6 is 0 Å². The molecule has 0 fully saturated rings. The van der Waals surface area contributed by atoms with Gasteiger partial charge in [-0.2, -0.15) is 5.26 Å². The van der Waals surface area contributed by atoms with Gasteiger partial charge in [0.25, 0.3) is 5.91 Å². The van der Waals surface area contributed by atoms with Crippen LogP contribution in [-0.2, 0) is 6.54 Å². The van der Waals surface area contributed by atoms with Gasteiger partial charge in [-0.15, -0.1) is 10.2 Å². The molecule has 134 valence electrons. The van der Waals surface area contributed by atoms with Crippen molar-refractivity contribution in [3.05, 3.63) is 77.5 Å². The van der Waals surface area contributed by atoms with Gasteiger partial charge in [0, 0.05) is 12.2 Å². The largest absolute Gasteiger partial charge is 0.497 e. The molecule has 0 aliphatic rings. The highest BCUT2D eigenvalue weighted by molar-refractivity contribution is 6.02. The Kier molecular flexibility index (Phi) is 5.60. The van der Waals surface area contributed by atoms with Crippen molar-refractivity contribution in [2.75, 3.05) is 17.7 Å². The van der Waals surface area contributed by atoms with Gasteiger partial charge in [-0.05, 0) is 48.0 Å². The predicted molar refractivity (Wildman–Crippen MR) is 101 cm³/mol. The quantitative estimate of drug-likeness (QED) is 0.701. The Labute approximate surface area is 156 Å². The van der Waals surface area contributed by atoms with Crippen molar-refractivity contribution in [3.63, 3.8) is 0 Å². The number of carbonyl (C=O) groups is 1. The molecule has 1 heterocycles. The van der Waals surface area contributed by atoms with Gasteiger partial charge in [-0.3, -0.25) is 4.79 Å². The summed E-state index contributed by atoms with van der Waals surface area (Å²) in [5.74, 6) is 0.974. The number of carbonyl (C=O) groups excluding carboxylic acids is 1. The fraction of sp³-hybridized carbons (Fsp3) is 0.100. The first-order valence-electron chi connectivity index (χ1n) is 8.20. The van der Waals surface area contributed by atoms with Gasteiger partial charge in [-0.25, -0.2) is 0 Å². The van der Waals surface area contributed by atoms with Crippen molar-refractivity contribution in [2.45, 2.75) is 6.54 Å². The highest BCUT2D eigenvalue weighted by Gasteiger charge is 2.09. The van der Waals surface area contributed by atoms with Crippen molar-refractivity contribution in [2.24, 2.45) is 0 Å². The molecule has 0 spiro atoms. The highest BCUT2D eigenvalue weighted by Crippen LogP contribution is 2.14. The Morgan fingerprint density at radius 3 is 2.59 bits per heavy atom. The van der Waals surface area contributed by atoms with Crippen LogP contribution in [0.4, 0.5) is 11.5 Å². The molecule has 0 unspecified atom stereocenters. The van der Waals surface area contributed by atoms with Gasteiger partial charge in [0.15, 0.2) is 5.69 Å². The van der Waals surface area contributed by atoms with E-state index in [1.54, 1.807) is 43.5 Å². The van der Waals surface area contributed by atoms with E-state index in [4.69, 9.17) is 10.00 Å². The van der Waals surface area contributed by atoms with Crippen LogP contribution in [0.15, 0.2) is 60.7 Å². The molecule has 2 N–H and O–H groups in total. The van der Waals surface area contributed by atoms with E-state index in [-0.39, 0.29) is 11.6 Å². The van der Waals surface area contributed by atoms with Gasteiger partial charge in [0.1, 0.15) is 11.6 Å². The fourth-order valence-corrected chi connectivity index (χ4v) is 2.35. The Morgan fingerprint density at radius 1 is 1.11 bits per heavy atom. The SMILES string of the molecule is COc1ccc(CNc2ccc(C(=O)Nc3cccc(C#N)c3)nn2)cc1. The number of nitrogens with one attached hydrogen (secondary N) is 2. The number of methoxy groups -OCH3 is 1. The van der Waals surface area contributed by atoms with Gasteiger partial charge >= 0.3 is 0 Å². The van der Waals surface area contributed by atoms with Crippen LogP contribution in [0, 0.1) is 11.3 Å². The smallest absolute Gasteiger partial charge is 0.276 e. The Balaban J connectivity index is 1.58. The zero-order chi connectivity index (χ0) is 19.1. The van der Waals surface area contributed by atoms with Gasteiger partial charge in [-0.1, -0.05) is 18.2 Å². The van der Waals surface area contributed by atoms with Crippen molar-refractivity contribution in [3.8, 4) is 11.8 Å². The van der Waals surface area contributed by atoms with E-state index in [1.165, 1.54) is 0 Å². The number of anilines is 2. The Hall–Kier alpha value is -3.92. The number of hydrogen-bond acceptors (Lipinski definition) is 6. The lowest BCUT2D eigenvalue weighted by atomic mass is 10.2. The van der Waals surface area contributed by atoms with E-state index in [1.807, 2.05) is 30.3 Å². The highest BCUT2D eigenvalue weighted by atomic mass is 16.5. The molecule has 3 rings (SSSR count). The number of aromatic nitrogens is 2. The first kappa shape index (κ1) is 17.9. The summed E-state index contributed by atoms with van der Waals surface area (Å²) in [6.07, 6.45) is 0. The summed E-state index contributed by atoms with van der Waals surface area (Å²) in [7, 11) is 1.63. The van der Waals surface area contributed by atoms with Gasteiger partial charge in [0.2, 0.25) is 0 Å². The molecular weight excluding hydrogens is 342 g/mol. The molecule has 0 saturated carbocycles. The Bertz CT molecular complexity index is 963. The third-order valence-corrected chi connectivity index (χ3v) is 3.78. The fourth-order valence-electron chi connectivity index (χ4n) is 2.35. The second-order valence-electron chi connectivity index (χ2n) is 5.65. The predicted octanol–water partition coefficient (Wildman–Crippen LogP) is 3.22. The van der Waals surface area contributed by atoms with Crippen LogP contribution < -0.4 is 15.4 Å². The molecule has 2 aromatic carbocycles. The summed E-state index contributed by atoms with van der Waals surface area (Å²) in [6.45, 7) is 0.575. The molecule has 3 aromatic rings. The second-order valence-corrected chi connectivity index (χ2v) is 5.65. The number of ether oxygens (including phenoxy) is 1. The third-order valence-electron chi connectivity index (χ3n) is 3.78. The number of amides is 1. The summed E-state index contributed by atoms with van der Waals surface area (Å²) < 4.78 is 5.13. The minimum absolute atomic E-state index is 0.187. The maximum absolute atomic E-state index is 12.2. The average Bonchev–Trinajstić information content (AvgIpc) is 2.73. The zero-order valence-corrected chi connectivity index (χ0v) is 14.6. The minimum Gasteiger partial charge on any atom is -0.497 e. The zero-order valence-electron chi connectivity index (χ0n) is 14.6. The molecule has 0 saturated heterocycles. The summed E-state index contributed by atoms with van der Waals surface area (Å²) in [5.41, 5.74) is 2.25. The van der Waals surface area contributed by atoms with Gasteiger partial charge < -0.3 is 15.4 Å². The normalized spacial score (nSPS) is 9.93. The Morgan fingerprint density at radius 2 is 1.93 bits per heavy atom. The lowest BCUT2D eigenvalue weighted by Crippen LogP contribution is -2.15. The number of rotatable bonds is 6. The molecule has 0 bridgehead atoms. The maximum atomic E-state index is 12.2. The van der Waals surface area contributed by atoms with Crippen LogP contribution in [0.2, 0.25) is 0 Å². The molecule has 1 amide bonds. The molecule has 27 heavy (non-hydrogen) atoms. The lowest BCUT2D eigenvalue weighted by Gasteiger charge is -2.07. The molecule has 7 heteroatoms. The van der Waals surface area contributed by atoms with Gasteiger partial charge in [0.05, 0.1) is 18.7 Å². The molecule has 0 atom stereocenters. The summed E-state index contributed by atoms with van der Waals surface area (Å²) in [5, 5.41) is 22.7. The van der Waals surface area contributed by atoms with E-state index < -0.39 is 0 Å². The third kappa shape index (κ3) is 4.80.